The van der Waals surface area contributed by atoms with Gasteiger partial charge < -0.3 is 4.42 Å². The van der Waals surface area contributed by atoms with Crippen LogP contribution in [0.4, 0.5) is 5.95 Å². The first kappa shape index (κ1) is 14.5. The number of benzene rings is 1. The van der Waals surface area contributed by atoms with Crippen LogP contribution in [0, 0.1) is 6.92 Å². The van der Waals surface area contributed by atoms with E-state index in [-0.39, 0.29) is 17.5 Å². The molecule has 1 aromatic carbocycles. The number of tetrazole rings is 1. The van der Waals surface area contributed by atoms with Gasteiger partial charge in [-0.2, -0.15) is 5.21 Å². The molecule has 22 heavy (non-hydrogen) atoms. The molecule has 0 unspecified atom stereocenters. The van der Waals surface area contributed by atoms with Gasteiger partial charge in [0, 0.05) is 5.56 Å². The number of halogens is 2. The minimum absolute atomic E-state index is 0.0449. The van der Waals surface area contributed by atoms with Crippen molar-refractivity contribution in [2.24, 2.45) is 0 Å². The molecule has 0 saturated carbocycles. The Bertz CT molecular complexity index is 830. The van der Waals surface area contributed by atoms with Gasteiger partial charge in [-0.05, 0) is 30.3 Å². The monoisotopic (exact) mass is 338 g/mol. The predicted octanol–water partition coefficient (Wildman–Crippen LogP) is 2.72. The van der Waals surface area contributed by atoms with Gasteiger partial charge in [-0.1, -0.05) is 28.3 Å². The molecule has 10 heteroatoms. The van der Waals surface area contributed by atoms with E-state index >= 15 is 0 Å². The first-order chi connectivity index (χ1) is 10.5. The minimum Gasteiger partial charge on any atom is -0.441 e. The quantitative estimate of drug-likeness (QED) is 0.759. The summed E-state index contributed by atoms with van der Waals surface area (Å²) in [5.41, 5.74) is 0.724. The molecule has 0 atom stereocenters. The second-order valence-electron chi connectivity index (χ2n) is 4.24. The second-order valence-corrected chi connectivity index (χ2v) is 5.06. The highest BCUT2D eigenvalue weighted by atomic mass is 35.5. The lowest BCUT2D eigenvalue weighted by molar-refractivity contribution is 0.102. The van der Waals surface area contributed by atoms with Crippen LogP contribution in [-0.2, 0) is 0 Å². The molecule has 1 amide bonds. The minimum atomic E-state index is -0.506. The van der Waals surface area contributed by atoms with Crippen molar-refractivity contribution in [3.63, 3.8) is 0 Å². The number of anilines is 1. The summed E-state index contributed by atoms with van der Waals surface area (Å²) in [5, 5.41) is 16.1. The number of aromatic amines is 1. The number of hydrogen-bond donors (Lipinski definition) is 2. The van der Waals surface area contributed by atoms with E-state index in [4.69, 9.17) is 27.6 Å². The maximum Gasteiger partial charge on any atom is 0.280 e. The highest BCUT2D eigenvalue weighted by Crippen LogP contribution is 2.29. The average molecular weight is 339 g/mol. The van der Waals surface area contributed by atoms with Gasteiger partial charge in [0.1, 0.15) is 5.76 Å². The van der Waals surface area contributed by atoms with Crippen LogP contribution in [0.1, 0.15) is 16.2 Å². The van der Waals surface area contributed by atoms with Crippen molar-refractivity contribution < 1.29 is 9.21 Å². The summed E-state index contributed by atoms with van der Waals surface area (Å²) in [6.07, 6.45) is 0. The van der Waals surface area contributed by atoms with Crippen LogP contribution in [-0.4, -0.2) is 31.5 Å². The largest absolute Gasteiger partial charge is 0.441 e. The van der Waals surface area contributed by atoms with Crippen molar-refractivity contribution in [1.29, 1.82) is 0 Å². The lowest BCUT2D eigenvalue weighted by Crippen LogP contribution is -2.14. The molecule has 0 aliphatic heterocycles. The second kappa shape index (κ2) is 5.74. The molecule has 0 fully saturated rings. The number of rotatable bonds is 3. The third kappa shape index (κ3) is 2.78. The Labute approximate surface area is 133 Å². The van der Waals surface area contributed by atoms with Crippen LogP contribution in [0.5, 0.6) is 0 Å². The van der Waals surface area contributed by atoms with E-state index in [1.54, 1.807) is 25.1 Å². The van der Waals surface area contributed by atoms with Crippen LogP contribution in [0.15, 0.2) is 22.6 Å². The van der Waals surface area contributed by atoms with Gasteiger partial charge in [0.05, 0.1) is 10.0 Å². The highest BCUT2D eigenvalue weighted by molar-refractivity contribution is 6.42. The molecular weight excluding hydrogens is 331 g/mol. The van der Waals surface area contributed by atoms with E-state index in [9.17, 15) is 4.79 Å². The number of hydrogen-bond acceptors (Lipinski definition) is 6. The first-order valence-corrected chi connectivity index (χ1v) is 6.78. The zero-order valence-electron chi connectivity index (χ0n) is 11.1. The Kier molecular flexibility index (Phi) is 3.78. The molecule has 0 spiro atoms. The molecule has 0 aliphatic rings. The Morgan fingerprint density at radius 1 is 1.32 bits per heavy atom. The van der Waals surface area contributed by atoms with Crippen molar-refractivity contribution in [2.75, 3.05) is 5.32 Å². The lowest BCUT2D eigenvalue weighted by Gasteiger charge is -1.98. The van der Waals surface area contributed by atoms with Gasteiger partial charge in [-0.3, -0.25) is 10.1 Å². The maximum absolute atomic E-state index is 12.1. The molecule has 0 aliphatic carbocycles. The van der Waals surface area contributed by atoms with E-state index in [1.807, 2.05) is 0 Å². The number of amides is 1. The zero-order valence-corrected chi connectivity index (χ0v) is 12.6. The number of nitrogens with one attached hydrogen (secondary N) is 2. The van der Waals surface area contributed by atoms with Crippen LogP contribution in [0.2, 0.25) is 10.0 Å². The van der Waals surface area contributed by atoms with E-state index in [2.05, 4.69) is 30.9 Å². The highest BCUT2D eigenvalue weighted by Gasteiger charge is 2.19. The number of H-pyrrole nitrogens is 1. The van der Waals surface area contributed by atoms with Crippen molar-refractivity contribution in [3.05, 3.63) is 39.7 Å². The molecular formula is C12H8Cl2N6O2. The molecule has 0 radical (unpaired) electrons. The number of carbonyl (C=O) groups is 1. The van der Waals surface area contributed by atoms with Crippen LogP contribution in [0.25, 0.3) is 11.5 Å². The van der Waals surface area contributed by atoms with Gasteiger partial charge in [0.25, 0.3) is 11.9 Å². The smallest absolute Gasteiger partial charge is 0.280 e. The molecule has 2 aromatic heterocycles. The normalized spacial score (nSPS) is 10.7. The molecule has 2 heterocycles. The van der Waals surface area contributed by atoms with Gasteiger partial charge in [0.15, 0.2) is 5.69 Å². The van der Waals surface area contributed by atoms with Crippen molar-refractivity contribution in [3.8, 4) is 11.5 Å². The van der Waals surface area contributed by atoms with Gasteiger partial charge in [-0.25, -0.2) is 4.98 Å². The molecule has 112 valence electrons. The van der Waals surface area contributed by atoms with Crippen molar-refractivity contribution >= 4 is 35.1 Å². The number of nitrogens with zero attached hydrogens (tertiary/aromatic N) is 4. The predicted molar refractivity (Wildman–Crippen MR) is 78.8 cm³/mol. The van der Waals surface area contributed by atoms with Crippen LogP contribution >= 0.6 is 23.2 Å². The summed E-state index contributed by atoms with van der Waals surface area (Å²) in [6, 6.07) is 4.92. The fourth-order valence-electron chi connectivity index (χ4n) is 1.74. The summed E-state index contributed by atoms with van der Waals surface area (Å²) in [6.45, 7) is 1.62. The van der Waals surface area contributed by atoms with Crippen LogP contribution in [0.3, 0.4) is 0 Å². The maximum atomic E-state index is 12.1. The van der Waals surface area contributed by atoms with Crippen LogP contribution < -0.4 is 5.32 Å². The Morgan fingerprint density at radius 2 is 2.14 bits per heavy atom. The molecule has 2 N–H and O–H groups in total. The number of aromatic nitrogens is 5. The van der Waals surface area contributed by atoms with Gasteiger partial charge in [0.2, 0.25) is 5.89 Å². The Balaban J connectivity index is 1.90. The molecule has 0 bridgehead atoms. The third-order valence-electron chi connectivity index (χ3n) is 2.75. The molecule has 3 aromatic rings. The van der Waals surface area contributed by atoms with Crippen molar-refractivity contribution in [1.82, 2.24) is 25.6 Å². The van der Waals surface area contributed by atoms with Gasteiger partial charge >= 0.3 is 0 Å². The average Bonchev–Trinajstić information content (AvgIpc) is 3.11. The first-order valence-electron chi connectivity index (χ1n) is 6.02. The Morgan fingerprint density at radius 3 is 2.82 bits per heavy atom. The summed E-state index contributed by atoms with van der Waals surface area (Å²) >= 11 is 11.8. The molecule has 0 saturated heterocycles. The topological polar surface area (TPSA) is 110 Å². The van der Waals surface area contributed by atoms with E-state index < -0.39 is 5.91 Å². The third-order valence-corrected chi connectivity index (χ3v) is 3.49. The number of oxazole rings is 1. The summed E-state index contributed by atoms with van der Waals surface area (Å²) in [5.74, 6) is 0.147. The van der Waals surface area contributed by atoms with E-state index in [0.29, 0.717) is 21.4 Å². The summed E-state index contributed by atoms with van der Waals surface area (Å²) < 4.78 is 5.50. The fraction of sp³-hybridized carbons (Fsp3) is 0.0833. The number of aryl methyl sites for hydroxylation is 1. The fourth-order valence-corrected chi connectivity index (χ4v) is 2.03. The SMILES string of the molecule is Cc1oc(-c2ccc(Cl)c(Cl)c2)nc1C(=O)Nc1nn[nH]n1. The molecule has 8 nitrogen and oxygen atoms in total. The standard InChI is InChI=1S/C12H8Cl2N6O2/c1-5-9(10(21)16-12-17-19-20-18-12)15-11(22-5)6-2-3-7(13)8(14)4-6/h2-4H,1H3,(H2,16,17,18,19,20,21). The zero-order chi connectivity index (χ0) is 15.7. The van der Waals surface area contributed by atoms with E-state index in [1.165, 1.54) is 0 Å². The van der Waals surface area contributed by atoms with Crippen molar-refractivity contribution in [2.45, 2.75) is 6.92 Å². The number of carbonyl (C=O) groups excluding carboxylic acids is 1. The van der Waals surface area contributed by atoms with Gasteiger partial charge in [-0.15, -0.1) is 5.10 Å². The summed E-state index contributed by atoms with van der Waals surface area (Å²) in [7, 11) is 0. The van der Waals surface area contributed by atoms with E-state index in [0.717, 1.165) is 0 Å². The summed E-state index contributed by atoms with van der Waals surface area (Å²) in [4.78, 5) is 16.3. The Hall–Kier alpha value is -2.45. The molecule has 3 rings (SSSR count). The lowest BCUT2D eigenvalue weighted by atomic mass is 10.2.